The van der Waals surface area contributed by atoms with Crippen molar-refractivity contribution in [3.8, 4) is 0 Å². The number of rotatable bonds is 5. The molecule has 3 rings (SSSR count). The minimum absolute atomic E-state index is 0.155. The lowest BCUT2D eigenvalue weighted by atomic mass is 9.88. The van der Waals surface area contributed by atoms with E-state index < -0.39 is 10.0 Å². The molecule has 0 saturated heterocycles. The van der Waals surface area contributed by atoms with E-state index in [1.54, 1.807) is 12.1 Å². The molecule has 0 fully saturated rings. The predicted molar refractivity (Wildman–Crippen MR) is 105 cm³/mol. The minimum atomic E-state index is -3.70. The number of thioether (sulfide) groups is 1. The van der Waals surface area contributed by atoms with Crippen LogP contribution in [0.2, 0.25) is 0 Å². The summed E-state index contributed by atoms with van der Waals surface area (Å²) in [6.07, 6.45) is 4.58. The van der Waals surface area contributed by atoms with Crippen molar-refractivity contribution in [2.75, 3.05) is 11.6 Å². The van der Waals surface area contributed by atoms with Gasteiger partial charge < -0.3 is 5.32 Å². The monoisotopic (exact) mass is 390 g/mol. The molecule has 1 atom stereocenters. The summed E-state index contributed by atoms with van der Waals surface area (Å²) in [5, 5.41) is 2.70. The Balaban J connectivity index is 1.91. The summed E-state index contributed by atoms with van der Waals surface area (Å²) >= 11 is 1.45. The highest BCUT2D eigenvalue weighted by Crippen LogP contribution is 2.32. The fraction of sp³-hybridized carbons (Fsp3) is 0.316. The van der Waals surface area contributed by atoms with Gasteiger partial charge in [-0.2, -0.15) is 0 Å². The number of benzene rings is 2. The van der Waals surface area contributed by atoms with Gasteiger partial charge in [0, 0.05) is 17.9 Å². The van der Waals surface area contributed by atoms with Crippen LogP contribution in [-0.4, -0.2) is 20.6 Å². The first kappa shape index (κ1) is 18.9. The Morgan fingerprint density at radius 3 is 2.69 bits per heavy atom. The summed E-state index contributed by atoms with van der Waals surface area (Å²) in [7, 11) is -3.70. The van der Waals surface area contributed by atoms with Crippen LogP contribution in [0.1, 0.15) is 36.9 Å². The van der Waals surface area contributed by atoms with Crippen molar-refractivity contribution in [1.29, 1.82) is 0 Å². The van der Waals surface area contributed by atoms with E-state index in [-0.39, 0.29) is 16.8 Å². The van der Waals surface area contributed by atoms with Gasteiger partial charge in [0.15, 0.2) is 0 Å². The smallest absolute Gasteiger partial charge is 0.241 e. The molecule has 1 aliphatic rings. The van der Waals surface area contributed by atoms with Gasteiger partial charge in [-0.15, -0.1) is 11.8 Å². The molecule has 2 aromatic carbocycles. The SMILES string of the molecule is CSc1ccc(S(=O)(=O)N[C@H]2CCCc3ccccc32)cc1NC(C)=O. The normalized spacial score (nSPS) is 16.8. The first-order valence-electron chi connectivity index (χ1n) is 8.46. The average molecular weight is 391 g/mol. The zero-order chi connectivity index (χ0) is 18.7. The number of aryl methyl sites for hydroxylation is 1. The molecule has 2 aromatic rings. The van der Waals surface area contributed by atoms with Crippen molar-refractivity contribution in [1.82, 2.24) is 4.72 Å². The molecule has 138 valence electrons. The lowest BCUT2D eigenvalue weighted by Crippen LogP contribution is -2.31. The summed E-state index contributed by atoms with van der Waals surface area (Å²) in [5.41, 5.74) is 2.75. The van der Waals surface area contributed by atoms with Gasteiger partial charge in [-0.05, 0) is 54.8 Å². The van der Waals surface area contributed by atoms with E-state index in [1.165, 1.54) is 30.3 Å². The van der Waals surface area contributed by atoms with Crippen molar-refractivity contribution in [2.45, 2.75) is 42.0 Å². The molecule has 26 heavy (non-hydrogen) atoms. The topological polar surface area (TPSA) is 75.3 Å². The first-order chi connectivity index (χ1) is 12.4. The Morgan fingerprint density at radius 1 is 1.19 bits per heavy atom. The van der Waals surface area contributed by atoms with Crippen molar-refractivity contribution in [3.05, 3.63) is 53.6 Å². The molecule has 1 amide bonds. The van der Waals surface area contributed by atoms with Crippen LogP contribution in [0, 0.1) is 0 Å². The molecule has 0 bridgehead atoms. The van der Waals surface area contributed by atoms with Gasteiger partial charge >= 0.3 is 0 Å². The molecule has 0 aliphatic heterocycles. The third-order valence-electron chi connectivity index (χ3n) is 4.46. The molecule has 0 unspecified atom stereocenters. The van der Waals surface area contributed by atoms with Crippen molar-refractivity contribution < 1.29 is 13.2 Å². The highest BCUT2D eigenvalue weighted by molar-refractivity contribution is 7.98. The van der Waals surface area contributed by atoms with Crippen LogP contribution in [0.4, 0.5) is 5.69 Å². The molecule has 5 nitrogen and oxygen atoms in total. The quantitative estimate of drug-likeness (QED) is 0.763. The van der Waals surface area contributed by atoms with E-state index in [1.807, 2.05) is 24.5 Å². The number of carbonyl (C=O) groups is 1. The average Bonchev–Trinajstić information content (AvgIpc) is 2.61. The van der Waals surface area contributed by atoms with Crippen LogP contribution < -0.4 is 10.0 Å². The van der Waals surface area contributed by atoms with Gasteiger partial charge in [-0.3, -0.25) is 4.79 Å². The Labute approximate surface area is 158 Å². The molecule has 1 aliphatic carbocycles. The van der Waals surface area contributed by atoms with E-state index in [0.717, 1.165) is 29.7 Å². The molecular weight excluding hydrogens is 368 g/mol. The summed E-state index contributed by atoms with van der Waals surface area (Å²) < 4.78 is 28.7. The van der Waals surface area contributed by atoms with Crippen molar-refractivity contribution in [2.24, 2.45) is 0 Å². The Kier molecular flexibility index (Phi) is 5.70. The zero-order valence-corrected chi connectivity index (χ0v) is 16.4. The van der Waals surface area contributed by atoms with Crippen LogP contribution in [0.25, 0.3) is 0 Å². The second kappa shape index (κ2) is 7.82. The molecule has 0 radical (unpaired) electrons. The highest BCUT2D eigenvalue weighted by atomic mass is 32.2. The van der Waals surface area contributed by atoms with Gasteiger partial charge in [0.05, 0.1) is 10.6 Å². The van der Waals surface area contributed by atoms with E-state index >= 15 is 0 Å². The number of anilines is 1. The third kappa shape index (κ3) is 4.11. The zero-order valence-electron chi connectivity index (χ0n) is 14.8. The largest absolute Gasteiger partial charge is 0.325 e. The summed E-state index contributed by atoms with van der Waals surface area (Å²) in [6.45, 7) is 1.41. The maximum Gasteiger partial charge on any atom is 0.241 e. The number of nitrogens with one attached hydrogen (secondary N) is 2. The van der Waals surface area contributed by atoms with Crippen LogP contribution in [0.5, 0.6) is 0 Å². The molecule has 0 saturated carbocycles. The van der Waals surface area contributed by atoms with Crippen molar-refractivity contribution in [3.63, 3.8) is 0 Å². The van der Waals surface area contributed by atoms with Crippen LogP contribution in [0.3, 0.4) is 0 Å². The minimum Gasteiger partial charge on any atom is -0.325 e. The van der Waals surface area contributed by atoms with Crippen molar-refractivity contribution >= 4 is 33.4 Å². The van der Waals surface area contributed by atoms with E-state index in [9.17, 15) is 13.2 Å². The number of carbonyl (C=O) groups excluding carboxylic acids is 1. The van der Waals surface area contributed by atoms with Crippen LogP contribution in [-0.2, 0) is 21.2 Å². The Morgan fingerprint density at radius 2 is 1.96 bits per heavy atom. The maximum atomic E-state index is 12.9. The van der Waals surface area contributed by atoms with Gasteiger partial charge in [0.25, 0.3) is 0 Å². The second-order valence-corrected chi connectivity index (χ2v) is 8.87. The molecule has 7 heteroatoms. The molecule has 2 N–H and O–H groups in total. The predicted octanol–water partition coefficient (Wildman–Crippen LogP) is 3.72. The standard InChI is InChI=1S/C19H22N2O3S2/c1-13(22)20-18-12-15(10-11-19(18)25-2)26(23,24)21-17-9-5-7-14-6-3-4-8-16(14)17/h3-4,6,8,10-12,17,21H,5,7,9H2,1-2H3,(H,20,22)/t17-/m0/s1. The van der Waals surface area contributed by atoms with Gasteiger partial charge in [0.1, 0.15) is 0 Å². The van der Waals surface area contributed by atoms with E-state index in [4.69, 9.17) is 0 Å². The van der Waals surface area contributed by atoms with Crippen LogP contribution in [0.15, 0.2) is 52.3 Å². The van der Waals surface area contributed by atoms with Gasteiger partial charge in [-0.25, -0.2) is 13.1 Å². The number of sulfonamides is 1. The third-order valence-corrected chi connectivity index (χ3v) is 6.72. The number of hydrogen-bond donors (Lipinski definition) is 2. The number of fused-ring (bicyclic) bond motifs is 1. The Bertz CT molecular complexity index is 926. The molecule has 0 heterocycles. The van der Waals surface area contributed by atoms with E-state index in [2.05, 4.69) is 16.1 Å². The lowest BCUT2D eigenvalue weighted by Gasteiger charge is -2.26. The highest BCUT2D eigenvalue weighted by Gasteiger charge is 2.26. The molecular formula is C19H22N2O3S2. The second-order valence-electron chi connectivity index (χ2n) is 6.31. The Hall–Kier alpha value is -1.83. The van der Waals surface area contributed by atoms with Crippen LogP contribution >= 0.6 is 11.8 Å². The summed E-state index contributed by atoms with van der Waals surface area (Å²) in [6, 6.07) is 12.6. The van der Waals surface area contributed by atoms with E-state index in [0.29, 0.717) is 5.69 Å². The first-order valence-corrected chi connectivity index (χ1v) is 11.2. The van der Waals surface area contributed by atoms with Gasteiger partial charge in [-0.1, -0.05) is 24.3 Å². The molecule has 0 spiro atoms. The summed E-state index contributed by atoms with van der Waals surface area (Å²) in [5.74, 6) is -0.232. The van der Waals surface area contributed by atoms with Gasteiger partial charge in [0.2, 0.25) is 15.9 Å². The fourth-order valence-electron chi connectivity index (χ4n) is 3.27. The summed E-state index contributed by atoms with van der Waals surface area (Å²) in [4.78, 5) is 12.4. The number of amides is 1. The number of hydrogen-bond acceptors (Lipinski definition) is 4. The lowest BCUT2D eigenvalue weighted by molar-refractivity contribution is -0.114. The maximum absolute atomic E-state index is 12.9. The fourth-order valence-corrected chi connectivity index (χ4v) is 5.08. The molecule has 0 aromatic heterocycles.